The van der Waals surface area contributed by atoms with E-state index in [9.17, 15) is 5.26 Å². The minimum absolute atomic E-state index is 0. The summed E-state index contributed by atoms with van der Waals surface area (Å²) in [6, 6.07) is 17.3. The summed E-state index contributed by atoms with van der Waals surface area (Å²) in [7, 11) is 0. The SMILES string of the molecule is Cc1cc(C)c(-n2cc(C#N)nc2-c2[c-]cc3oc4cccnc4c3c2)c(C)c1.[Ir]. The molecule has 2 aromatic carbocycles. The van der Waals surface area contributed by atoms with Gasteiger partial charge in [-0.2, -0.15) is 5.26 Å². The van der Waals surface area contributed by atoms with Crippen molar-refractivity contribution in [2.24, 2.45) is 0 Å². The number of hydrogen-bond donors (Lipinski definition) is 0. The Bertz CT molecular complexity index is 1430. The Kier molecular flexibility index (Phi) is 5.03. The first kappa shape index (κ1) is 20.0. The predicted molar refractivity (Wildman–Crippen MR) is 112 cm³/mol. The van der Waals surface area contributed by atoms with E-state index in [4.69, 9.17) is 4.42 Å². The third-order valence-corrected chi connectivity index (χ3v) is 5.10. The van der Waals surface area contributed by atoms with Crippen LogP contribution in [-0.4, -0.2) is 14.5 Å². The van der Waals surface area contributed by atoms with E-state index >= 15 is 0 Å². The average molecular weight is 570 g/mol. The fraction of sp³-hybridized carbons (Fsp3) is 0.125. The smallest absolute Gasteiger partial charge is 0.148 e. The summed E-state index contributed by atoms with van der Waals surface area (Å²) in [6.45, 7) is 6.23. The summed E-state index contributed by atoms with van der Waals surface area (Å²) in [5.41, 5.74) is 7.90. The Labute approximate surface area is 187 Å². The molecule has 5 rings (SSSR count). The summed E-state index contributed by atoms with van der Waals surface area (Å²) < 4.78 is 7.84. The van der Waals surface area contributed by atoms with E-state index in [0.717, 1.165) is 44.4 Å². The van der Waals surface area contributed by atoms with Crippen molar-refractivity contribution in [2.45, 2.75) is 20.8 Å². The van der Waals surface area contributed by atoms with Crippen LogP contribution in [-0.2, 0) is 20.1 Å². The molecule has 0 atom stereocenters. The van der Waals surface area contributed by atoms with Gasteiger partial charge in [0.25, 0.3) is 0 Å². The molecular weight excluding hydrogens is 553 g/mol. The number of fused-ring (bicyclic) bond motifs is 3. The Morgan fingerprint density at radius 2 is 1.87 bits per heavy atom. The molecule has 0 bridgehead atoms. The molecule has 3 heterocycles. The molecule has 0 N–H and O–H groups in total. The van der Waals surface area contributed by atoms with Gasteiger partial charge in [0.2, 0.25) is 0 Å². The zero-order chi connectivity index (χ0) is 20.1. The molecule has 5 aromatic rings. The second-order valence-electron chi connectivity index (χ2n) is 7.26. The van der Waals surface area contributed by atoms with Crippen LogP contribution in [0.2, 0.25) is 0 Å². The topological polar surface area (TPSA) is 67.6 Å². The monoisotopic (exact) mass is 570 g/mol. The number of hydrogen-bond acceptors (Lipinski definition) is 4. The van der Waals surface area contributed by atoms with Gasteiger partial charge in [0.15, 0.2) is 0 Å². The molecule has 0 unspecified atom stereocenters. The van der Waals surface area contributed by atoms with Crippen LogP contribution in [0.25, 0.3) is 39.1 Å². The molecule has 149 valence electrons. The standard InChI is InChI=1S/C24H17N4O.Ir/c1-14-9-15(2)23(16(3)10-14)28-13-18(12-25)27-24(28)17-6-7-20-19(11-17)22-21(29-20)5-4-8-26-22;/h4-5,7-11,13H,1-3H3;/q-1;. The van der Waals surface area contributed by atoms with Crippen LogP contribution in [0.15, 0.2) is 53.2 Å². The normalized spacial score (nSPS) is 10.9. The summed E-state index contributed by atoms with van der Waals surface area (Å²) in [6.07, 6.45) is 3.53. The van der Waals surface area contributed by atoms with Gasteiger partial charge in [-0.25, -0.2) is 0 Å². The summed E-state index contributed by atoms with van der Waals surface area (Å²) in [4.78, 5) is 9.03. The first-order chi connectivity index (χ1) is 14.0. The number of nitriles is 1. The number of rotatable bonds is 2. The first-order valence-electron chi connectivity index (χ1n) is 9.32. The Morgan fingerprint density at radius 1 is 1.10 bits per heavy atom. The minimum atomic E-state index is 0. The van der Waals surface area contributed by atoms with Gasteiger partial charge >= 0.3 is 0 Å². The molecule has 0 aliphatic carbocycles. The number of imidazole rings is 1. The van der Waals surface area contributed by atoms with E-state index < -0.39 is 0 Å². The number of aryl methyl sites for hydroxylation is 3. The van der Waals surface area contributed by atoms with Gasteiger partial charge in [0.1, 0.15) is 17.3 Å². The number of nitrogens with zero attached hydrogens (tertiary/aromatic N) is 4. The van der Waals surface area contributed by atoms with Crippen LogP contribution in [0.1, 0.15) is 22.4 Å². The molecule has 0 saturated heterocycles. The van der Waals surface area contributed by atoms with Crippen LogP contribution in [0, 0.1) is 38.2 Å². The first-order valence-corrected chi connectivity index (χ1v) is 9.32. The maximum Gasteiger partial charge on any atom is 0.148 e. The van der Waals surface area contributed by atoms with E-state index in [2.05, 4.69) is 55.0 Å². The third kappa shape index (κ3) is 3.13. The van der Waals surface area contributed by atoms with Gasteiger partial charge in [0.05, 0.1) is 16.9 Å². The fourth-order valence-electron chi connectivity index (χ4n) is 4.02. The molecule has 30 heavy (non-hydrogen) atoms. The van der Waals surface area contributed by atoms with Gasteiger partial charge in [-0.1, -0.05) is 17.7 Å². The molecule has 0 spiro atoms. The molecule has 0 aliphatic heterocycles. The van der Waals surface area contributed by atoms with Gasteiger partial charge in [-0.15, -0.1) is 23.8 Å². The van der Waals surface area contributed by atoms with E-state index in [1.165, 1.54) is 5.56 Å². The van der Waals surface area contributed by atoms with E-state index in [-0.39, 0.29) is 20.1 Å². The molecule has 0 aliphatic rings. The fourth-order valence-corrected chi connectivity index (χ4v) is 4.02. The number of aromatic nitrogens is 3. The number of benzene rings is 2. The average Bonchev–Trinajstić information content (AvgIpc) is 3.28. The summed E-state index contributed by atoms with van der Waals surface area (Å²) in [5, 5.41) is 10.4. The van der Waals surface area contributed by atoms with Crippen LogP contribution >= 0.6 is 0 Å². The molecule has 5 nitrogen and oxygen atoms in total. The van der Waals surface area contributed by atoms with E-state index in [0.29, 0.717) is 11.5 Å². The van der Waals surface area contributed by atoms with Crippen molar-refractivity contribution in [1.82, 2.24) is 14.5 Å². The molecule has 1 radical (unpaired) electrons. The molecular formula is C24H17IrN4O-. The van der Waals surface area contributed by atoms with Crippen molar-refractivity contribution >= 4 is 22.1 Å². The molecule has 0 fully saturated rings. The Balaban J connectivity index is 0.00000218. The zero-order valence-corrected chi connectivity index (χ0v) is 19.0. The Hall–Kier alpha value is -3.26. The van der Waals surface area contributed by atoms with Gasteiger partial charge in [-0.05, 0) is 49.4 Å². The van der Waals surface area contributed by atoms with E-state index in [1.807, 2.05) is 28.8 Å². The van der Waals surface area contributed by atoms with E-state index in [1.54, 1.807) is 12.4 Å². The second-order valence-corrected chi connectivity index (χ2v) is 7.26. The second kappa shape index (κ2) is 7.53. The number of pyridine rings is 1. The van der Waals surface area contributed by atoms with Crippen molar-refractivity contribution in [3.8, 4) is 23.1 Å². The summed E-state index contributed by atoms with van der Waals surface area (Å²) >= 11 is 0. The quantitative estimate of drug-likeness (QED) is 0.266. The third-order valence-electron chi connectivity index (χ3n) is 5.10. The predicted octanol–water partition coefficient (Wildman–Crippen LogP) is 5.43. The van der Waals surface area contributed by atoms with Crippen LogP contribution in [0.5, 0.6) is 0 Å². The maximum absolute atomic E-state index is 9.47. The van der Waals surface area contributed by atoms with Crippen molar-refractivity contribution in [3.05, 3.63) is 77.2 Å². The number of furan rings is 1. The van der Waals surface area contributed by atoms with Gasteiger partial charge in [-0.3, -0.25) is 9.97 Å². The van der Waals surface area contributed by atoms with Crippen LogP contribution < -0.4 is 0 Å². The maximum atomic E-state index is 9.47. The Morgan fingerprint density at radius 3 is 2.60 bits per heavy atom. The molecule has 0 saturated carbocycles. The molecule has 6 heteroatoms. The largest absolute Gasteiger partial charge is 0.499 e. The summed E-state index contributed by atoms with van der Waals surface area (Å²) in [5.74, 6) is 0.670. The minimum Gasteiger partial charge on any atom is -0.499 e. The van der Waals surface area contributed by atoms with Crippen LogP contribution in [0.3, 0.4) is 0 Å². The van der Waals surface area contributed by atoms with Crippen molar-refractivity contribution in [3.63, 3.8) is 0 Å². The van der Waals surface area contributed by atoms with Gasteiger partial charge in [0, 0.05) is 38.2 Å². The van der Waals surface area contributed by atoms with Crippen molar-refractivity contribution in [2.75, 3.05) is 0 Å². The van der Waals surface area contributed by atoms with Gasteiger partial charge < -0.3 is 8.98 Å². The molecule has 3 aromatic heterocycles. The molecule has 0 amide bonds. The van der Waals surface area contributed by atoms with Crippen molar-refractivity contribution < 1.29 is 24.5 Å². The zero-order valence-electron chi connectivity index (χ0n) is 16.6. The van der Waals surface area contributed by atoms with Crippen molar-refractivity contribution in [1.29, 1.82) is 5.26 Å². The van der Waals surface area contributed by atoms with Crippen LogP contribution in [0.4, 0.5) is 0 Å².